The van der Waals surface area contributed by atoms with Crippen LogP contribution in [0.1, 0.15) is 25.0 Å². The summed E-state index contributed by atoms with van der Waals surface area (Å²) in [6, 6.07) is 4.28. The van der Waals surface area contributed by atoms with Crippen molar-refractivity contribution in [2.75, 3.05) is 20.3 Å². The number of aliphatic hydroxyl groups is 1. The third kappa shape index (κ3) is 3.47. The number of methoxy groups -OCH3 is 1. The van der Waals surface area contributed by atoms with Crippen LogP contribution in [-0.2, 0) is 4.74 Å². The molecule has 0 aliphatic carbocycles. The minimum absolute atomic E-state index is 0.132. The average molecular weight is 228 g/mol. The topological polar surface area (TPSA) is 38.7 Å². The minimum atomic E-state index is -0.749. The third-order valence-electron chi connectivity index (χ3n) is 2.18. The van der Waals surface area contributed by atoms with Crippen molar-refractivity contribution in [3.05, 3.63) is 29.6 Å². The first-order valence-corrected chi connectivity index (χ1v) is 5.28. The van der Waals surface area contributed by atoms with Crippen LogP contribution in [0.15, 0.2) is 18.2 Å². The molecule has 0 bridgehead atoms. The van der Waals surface area contributed by atoms with Crippen molar-refractivity contribution in [1.82, 2.24) is 0 Å². The van der Waals surface area contributed by atoms with Crippen molar-refractivity contribution in [1.29, 1.82) is 0 Å². The van der Waals surface area contributed by atoms with Gasteiger partial charge in [-0.2, -0.15) is 0 Å². The largest absolute Gasteiger partial charge is 0.494 e. The highest BCUT2D eigenvalue weighted by Crippen LogP contribution is 2.22. The molecule has 1 aromatic carbocycles. The van der Waals surface area contributed by atoms with Gasteiger partial charge in [0.2, 0.25) is 0 Å². The Labute approximate surface area is 94.8 Å². The number of rotatable bonds is 6. The average Bonchev–Trinajstić information content (AvgIpc) is 2.30. The fourth-order valence-electron chi connectivity index (χ4n) is 1.32. The lowest BCUT2D eigenvalue weighted by Crippen LogP contribution is -2.08. The Morgan fingerprint density at radius 1 is 1.44 bits per heavy atom. The van der Waals surface area contributed by atoms with E-state index in [2.05, 4.69) is 0 Å². The predicted octanol–water partition coefficient (Wildman–Crippen LogP) is 2.29. The molecule has 0 saturated heterocycles. The lowest BCUT2D eigenvalue weighted by molar-refractivity contribution is 0.0362. The van der Waals surface area contributed by atoms with Crippen molar-refractivity contribution < 1.29 is 19.0 Å². The summed E-state index contributed by atoms with van der Waals surface area (Å²) >= 11 is 0. The molecular weight excluding hydrogens is 211 g/mol. The summed E-state index contributed by atoms with van der Waals surface area (Å²) in [6.07, 6.45) is 0.153. The summed E-state index contributed by atoms with van der Waals surface area (Å²) < 4.78 is 23.2. The van der Waals surface area contributed by atoms with Gasteiger partial charge in [-0.15, -0.1) is 0 Å². The molecular formula is C12H17FO3. The quantitative estimate of drug-likeness (QED) is 0.759. The lowest BCUT2D eigenvalue weighted by atomic mass is 10.1. The standard InChI is InChI=1S/C12H17FO3/c1-3-6-16-8-11(14)9-4-5-10(13)12(7-9)15-2/h4-5,7,11,14H,3,6,8H2,1-2H3. The fraction of sp³-hybridized carbons (Fsp3) is 0.500. The van der Waals surface area contributed by atoms with Crippen LogP contribution in [0.4, 0.5) is 4.39 Å². The number of ether oxygens (including phenoxy) is 2. The van der Waals surface area contributed by atoms with Crippen LogP contribution >= 0.6 is 0 Å². The fourth-order valence-corrected chi connectivity index (χ4v) is 1.32. The van der Waals surface area contributed by atoms with Gasteiger partial charge < -0.3 is 14.6 Å². The van der Waals surface area contributed by atoms with E-state index in [0.717, 1.165) is 6.42 Å². The van der Waals surface area contributed by atoms with E-state index in [-0.39, 0.29) is 12.4 Å². The van der Waals surface area contributed by atoms with E-state index in [1.807, 2.05) is 6.92 Å². The van der Waals surface area contributed by atoms with E-state index in [4.69, 9.17) is 9.47 Å². The van der Waals surface area contributed by atoms with Crippen molar-refractivity contribution in [3.8, 4) is 5.75 Å². The molecule has 1 aromatic rings. The highest BCUT2D eigenvalue weighted by molar-refractivity contribution is 5.31. The first-order valence-electron chi connectivity index (χ1n) is 5.28. The molecule has 0 amide bonds. The van der Waals surface area contributed by atoms with Gasteiger partial charge in [0.25, 0.3) is 0 Å². The molecule has 16 heavy (non-hydrogen) atoms. The van der Waals surface area contributed by atoms with Gasteiger partial charge >= 0.3 is 0 Å². The minimum Gasteiger partial charge on any atom is -0.494 e. The van der Waals surface area contributed by atoms with E-state index in [1.54, 1.807) is 0 Å². The molecule has 0 heterocycles. The van der Waals surface area contributed by atoms with Crippen LogP contribution in [0.3, 0.4) is 0 Å². The normalized spacial score (nSPS) is 12.5. The van der Waals surface area contributed by atoms with E-state index in [0.29, 0.717) is 12.2 Å². The zero-order valence-electron chi connectivity index (χ0n) is 9.57. The molecule has 0 radical (unpaired) electrons. The van der Waals surface area contributed by atoms with Crippen molar-refractivity contribution in [2.45, 2.75) is 19.4 Å². The second kappa shape index (κ2) is 6.45. The van der Waals surface area contributed by atoms with Crippen LogP contribution in [-0.4, -0.2) is 25.4 Å². The summed E-state index contributed by atoms with van der Waals surface area (Å²) in [5.41, 5.74) is 0.592. The van der Waals surface area contributed by atoms with Gasteiger partial charge in [0.1, 0.15) is 6.10 Å². The smallest absolute Gasteiger partial charge is 0.165 e. The molecule has 0 fully saturated rings. The molecule has 0 spiro atoms. The Morgan fingerprint density at radius 2 is 2.19 bits per heavy atom. The highest BCUT2D eigenvalue weighted by Gasteiger charge is 2.11. The van der Waals surface area contributed by atoms with Gasteiger partial charge in [-0.3, -0.25) is 0 Å². The van der Waals surface area contributed by atoms with Crippen molar-refractivity contribution in [3.63, 3.8) is 0 Å². The van der Waals surface area contributed by atoms with Crippen molar-refractivity contribution >= 4 is 0 Å². The van der Waals surface area contributed by atoms with Crippen molar-refractivity contribution in [2.24, 2.45) is 0 Å². The van der Waals surface area contributed by atoms with Crippen LogP contribution in [0.2, 0.25) is 0 Å². The van der Waals surface area contributed by atoms with Crippen LogP contribution < -0.4 is 4.74 Å². The van der Waals surface area contributed by atoms with Gasteiger partial charge in [0, 0.05) is 6.61 Å². The molecule has 0 aliphatic heterocycles. The molecule has 0 saturated carbocycles. The van der Waals surface area contributed by atoms with E-state index in [1.165, 1.54) is 25.3 Å². The number of halogens is 1. The number of hydrogen-bond donors (Lipinski definition) is 1. The van der Waals surface area contributed by atoms with E-state index in [9.17, 15) is 9.50 Å². The second-order valence-electron chi connectivity index (χ2n) is 3.48. The van der Waals surface area contributed by atoms with Crippen LogP contribution in [0.25, 0.3) is 0 Å². The number of benzene rings is 1. The maximum Gasteiger partial charge on any atom is 0.165 e. The molecule has 1 N–H and O–H groups in total. The van der Waals surface area contributed by atoms with Gasteiger partial charge in [0.05, 0.1) is 13.7 Å². The Morgan fingerprint density at radius 3 is 2.81 bits per heavy atom. The molecule has 4 heteroatoms. The number of aliphatic hydroxyl groups excluding tert-OH is 1. The molecule has 1 rings (SSSR count). The molecule has 0 aliphatic rings. The van der Waals surface area contributed by atoms with E-state index < -0.39 is 11.9 Å². The summed E-state index contributed by atoms with van der Waals surface area (Å²) in [5, 5.41) is 9.75. The monoisotopic (exact) mass is 228 g/mol. The van der Waals surface area contributed by atoms with Gasteiger partial charge in [-0.05, 0) is 24.1 Å². The summed E-state index contributed by atoms with van der Waals surface area (Å²) in [7, 11) is 1.39. The van der Waals surface area contributed by atoms with E-state index >= 15 is 0 Å². The second-order valence-corrected chi connectivity index (χ2v) is 3.48. The van der Waals surface area contributed by atoms with Crippen LogP contribution in [0.5, 0.6) is 5.75 Å². The molecule has 1 atom stereocenters. The first-order chi connectivity index (χ1) is 7.69. The number of hydrogen-bond acceptors (Lipinski definition) is 3. The van der Waals surface area contributed by atoms with Gasteiger partial charge in [0.15, 0.2) is 11.6 Å². The Balaban J connectivity index is 2.64. The lowest BCUT2D eigenvalue weighted by Gasteiger charge is -2.12. The summed E-state index contributed by atoms with van der Waals surface area (Å²) in [6.45, 7) is 2.81. The first kappa shape index (κ1) is 12.9. The Hall–Kier alpha value is -1.13. The van der Waals surface area contributed by atoms with Crippen LogP contribution in [0, 0.1) is 5.82 Å². The summed E-state index contributed by atoms with van der Waals surface area (Å²) in [5.74, 6) is -0.306. The van der Waals surface area contributed by atoms with Gasteiger partial charge in [-0.1, -0.05) is 13.0 Å². The molecule has 3 nitrogen and oxygen atoms in total. The maximum absolute atomic E-state index is 13.1. The molecule has 1 unspecified atom stereocenters. The Kier molecular flexibility index (Phi) is 5.22. The Bertz CT molecular complexity index is 328. The SMILES string of the molecule is CCCOCC(O)c1ccc(F)c(OC)c1. The zero-order chi connectivity index (χ0) is 12.0. The highest BCUT2D eigenvalue weighted by atomic mass is 19.1. The maximum atomic E-state index is 13.1. The molecule has 0 aromatic heterocycles. The molecule has 90 valence electrons. The third-order valence-corrected chi connectivity index (χ3v) is 2.18. The van der Waals surface area contributed by atoms with Gasteiger partial charge in [-0.25, -0.2) is 4.39 Å². The summed E-state index contributed by atoms with van der Waals surface area (Å²) in [4.78, 5) is 0. The predicted molar refractivity (Wildman–Crippen MR) is 59.0 cm³/mol. The zero-order valence-corrected chi connectivity index (χ0v) is 9.57.